The lowest BCUT2D eigenvalue weighted by molar-refractivity contribution is -0.115. The number of thioether (sulfide) groups is 1. The predicted molar refractivity (Wildman–Crippen MR) is 113 cm³/mol. The third-order valence-corrected chi connectivity index (χ3v) is 5.40. The SMILES string of the molecule is COc1ccc(C=C2SC(=S)NC2=O)cc1-c1ccc2[nH]ccc(=O)c2c1. The molecule has 2 N–H and O–H groups in total. The van der Waals surface area contributed by atoms with Crippen molar-refractivity contribution in [2.45, 2.75) is 0 Å². The van der Waals surface area contributed by atoms with E-state index in [4.69, 9.17) is 17.0 Å². The van der Waals surface area contributed by atoms with Gasteiger partial charge in [0.05, 0.1) is 12.0 Å². The van der Waals surface area contributed by atoms with E-state index in [2.05, 4.69) is 10.3 Å². The number of benzene rings is 2. The lowest BCUT2D eigenvalue weighted by Crippen LogP contribution is -2.17. The molecule has 27 heavy (non-hydrogen) atoms. The highest BCUT2D eigenvalue weighted by molar-refractivity contribution is 8.26. The highest BCUT2D eigenvalue weighted by atomic mass is 32.2. The first kappa shape index (κ1) is 17.5. The van der Waals surface area contributed by atoms with Gasteiger partial charge in [0.1, 0.15) is 10.1 Å². The van der Waals surface area contributed by atoms with Crippen molar-refractivity contribution in [1.82, 2.24) is 10.3 Å². The highest BCUT2D eigenvalue weighted by Gasteiger charge is 2.22. The molecule has 1 saturated heterocycles. The molecule has 0 spiro atoms. The van der Waals surface area contributed by atoms with E-state index in [-0.39, 0.29) is 11.3 Å². The smallest absolute Gasteiger partial charge is 0.263 e. The summed E-state index contributed by atoms with van der Waals surface area (Å²) in [7, 11) is 1.60. The van der Waals surface area contributed by atoms with Crippen LogP contribution in [0.15, 0.2) is 58.4 Å². The number of pyridine rings is 1. The minimum Gasteiger partial charge on any atom is -0.496 e. The van der Waals surface area contributed by atoms with E-state index in [1.807, 2.05) is 36.4 Å². The van der Waals surface area contributed by atoms with E-state index in [0.29, 0.717) is 20.4 Å². The Kier molecular flexibility index (Phi) is 4.55. The van der Waals surface area contributed by atoms with Gasteiger partial charge >= 0.3 is 0 Å². The molecule has 2 heterocycles. The van der Waals surface area contributed by atoms with Crippen molar-refractivity contribution in [3.05, 3.63) is 69.4 Å². The molecule has 0 radical (unpaired) electrons. The summed E-state index contributed by atoms with van der Waals surface area (Å²) in [6.45, 7) is 0. The fourth-order valence-electron chi connectivity index (χ4n) is 2.95. The van der Waals surface area contributed by atoms with Gasteiger partial charge in [-0.2, -0.15) is 0 Å². The molecule has 1 fully saturated rings. The number of aromatic nitrogens is 1. The first-order chi connectivity index (χ1) is 13.0. The van der Waals surface area contributed by atoms with Gasteiger partial charge in [0, 0.05) is 28.7 Å². The summed E-state index contributed by atoms with van der Waals surface area (Å²) in [6.07, 6.45) is 3.42. The number of methoxy groups -OCH3 is 1. The fraction of sp³-hybridized carbons (Fsp3) is 0.0500. The standard InChI is InChI=1S/C20H14N2O3S2/c1-25-17-5-2-11(9-18-19(24)22-20(26)27-18)8-13(17)12-3-4-15-14(10-12)16(23)6-7-21-15/h2-10H,1H3,(H,21,23)(H,22,24,26). The van der Waals surface area contributed by atoms with Gasteiger partial charge in [-0.1, -0.05) is 36.1 Å². The number of fused-ring (bicyclic) bond motifs is 1. The molecule has 0 bridgehead atoms. The van der Waals surface area contributed by atoms with E-state index in [9.17, 15) is 9.59 Å². The van der Waals surface area contributed by atoms with E-state index in [0.717, 1.165) is 22.2 Å². The van der Waals surface area contributed by atoms with Crippen LogP contribution in [0.5, 0.6) is 5.75 Å². The third kappa shape index (κ3) is 3.39. The number of H-pyrrole nitrogens is 1. The lowest BCUT2D eigenvalue weighted by atomic mass is 9.99. The summed E-state index contributed by atoms with van der Waals surface area (Å²) < 4.78 is 5.95. The zero-order valence-corrected chi connectivity index (χ0v) is 15.9. The summed E-state index contributed by atoms with van der Waals surface area (Å²) in [4.78, 5) is 27.7. The van der Waals surface area contributed by atoms with Crippen LogP contribution in [0.25, 0.3) is 28.1 Å². The summed E-state index contributed by atoms with van der Waals surface area (Å²) in [5.74, 6) is 0.488. The Bertz CT molecular complexity index is 1180. The number of hydrogen-bond donors (Lipinski definition) is 2. The van der Waals surface area contributed by atoms with Gasteiger partial charge in [-0.3, -0.25) is 9.59 Å². The van der Waals surface area contributed by atoms with Crippen molar-refractivity contribution in [2.75, 3.05) is 7.11 Å². The van der Waals surface area contributed by atoms with Gasteiger partial charge in [-0.15, -0.1) is 0 Å². The van der Waals surface area contributed by atoms with Crippen LogP contribution in [0, 0.1) is 0 Å². The third-order valence-electron chi connectivity index (χ3n) is 4.23. The van der Waals surface area contributed by atoms with E-state index in [1.54, 1.807) is 19.4 Å². The molecule has 134 valence electrons. The van der Waals surface area contributed by atoms with Gasteiger partial charge in [-0.05, 0) is 41.5 Å². The molecule has 2 aromatic carbocycles. The molecular formula is C20H14N2O3S2. The highest BCUT2D eigenvalue weighted by Crippen LogP contribution is 2.34. The van der Waals surface area contributed by atoms with E-state index >= 15 is 0 Å². The zero-order chi connectivity index (χ0) is 19.0. The van der Waals surface area contributed by atoms with Crippen molar-refractivity contribution in [3.63, 3.8) is 0 Å². The molecule has 4 rings (SSSR count). The second-order valence-corrected chi connectivity index (χ2v) is 7.63. The van der Waals surface area contributed by atoms with Gasteiger partial charge in [0.25, 0.3) is 5.91 Å². The van der Waals surface area contributed by atoms with E-state index in [1.165, 1.54) is 17.8 Å². The maximum atomic E-state index is 12.2. The number of nitrogens with one attached hydrogen (secondary N) is 2. The lowest BCUT2D eigenvalue weighted by Gasteiger charge is -2.11. The summed E-state index contributed by atoms with van der Waals surface area (Å²) in [6, 6.07) is 12.8. The molecule has 7 heteroatoms. The Labute approximate surface area is 164 Å². The normalized spacial score (nSPS) is 15.4. The average molecular weight is 394 g/mol. The minimum absolute atomic E-state index is 0.0459. The van der Waals surface area contributed by atoms with Crippen molar-refractivity contribution in [1.29, 1.82) is 0 Å². The van der Waals surface area contributed by atoms with Crippen LogP contribution in [0.2, 0.25) is 0 Å². The van der Waals surface area contributed by atoms with Gasteiger partial charge in [0.15, 0.2) is 5.43 Å². The second-order valence-electron chi connectivity index (χ2n) is 5.91. The number of carbonyl (C=O) groups excluding carboxylic acids is 1. The zero-order valence-electron chi connectivity index (χ0n) is 14.2. The largest absolute Gasteiger partial charge is 0.496 e. The minimum atomic E-state index is -0.195. The number of ether oxygens (including phenoxy) is 1. The Hall–Kier alpha value is -2.90. The maximum Gasteiger partial charge on any atom is 0.263 e. The van der Waals surface area contributed by atoms with Crippen LogP contribution in [-0.4, -0.2) is 22.3 Å². The molecule has 0 aliphatic carbocycles. The van der Waals surface area contributed by atoms with Crippen molar-refractivity contribution in [2.24, 2.45) is 0 Å². The summed E-state index contributed by atoms with van der Waals surface area (Å²) in [5.41, 5.74) is 3.26. The van der Waals surface area contributed by atoms with Crippen LogP contribution in [0.1, 0.15) is 5.56 Å². The van der Waals surface area contributed by atoms with Crippen LogP contribution in [0.3, 0.4) is 0 Å². The summed E-state index contributed by atoms with van der Waals surface area (Å²) >= 11 is 6.27. The van der Waals surface area contributed by atoms with Crippen molar-refractivity contribution < 1.29 is 9.53 Å². The Morgan fingerprint density at radius 3 is 2.70 bits per heavy atom. The van der Waals surface area contributed by atoms with Gasteiger partial charge in [0.2, 0.25) is 0 Å². The molecule has 1 aromatic heterocycles. The first-order valence-corrected chi connectivity index (χ1v) is 9.32. The predicted octanol–water partition coefficient (Wildman–Crippen LogP) is 3.69. The number of aromatic amines is 1. The fourth-order valence-corrected chi connectivity index (χ4v) is 4.00. The first-order valence-electron chi connectivity index (χ1n) is 8.10. The molecule has 0 unspecified atom stereocenters. The molecular weight excluding hydrogens is 380 g/mol. The van der Waals surface area contributed by atoms with Crippen LogP contribution in [-0.2, 0) is 4.79 Å². The number of rotatable bonds is 3. The number of thiocarbonyl (C=S) groups is 1. The van der Waals surface area contributed by atoms with Crippen molar-refractivity contribution in [3.8, 4) is 16.9 Å². The van der Waals surface area contributed by atoms with Crippen LogP contribution in [0.4, 0.5) is 0 Å². The van der Waals surface area contributed by atoms with Gasteiger partial charge in [-0.25, -0.2) is 0 Å². The molecule has 1 aliphatic heterocycles. The maximum absolute atomic E-state index is 12.2. The molecule has 0 saturated carbocycles. The van der Waals surface area contributed by atoms with Gasteiger partial charge < -0.3 is 15.0 Å². The number of carbonyl (C=O) groups is 1. The molecule has 1 aliphatic rings. The molecule has 3 aromatic rings. The monoisotopic (exact) mass is 394 g/mol. The number of amides is 1. The summed E-state index contributed by atoms with van der Waals surface area (Å²) in [5, 5.41) is 3.21. The van der Waals surface area contributed by atoms with Crippen LogP contribution < -0.4 is 15.5 Å². The van der Waals surface area contributed by atoms with Crippen molar-refractivity contribution >= 4 is 51.2 Å². The Morgan fingerprint density at radius 1 is 1.11 bits per heavy atom. The van der Waals surface area contributed by atoms with E-state index < -0.39 is 0 Å². The molecule has 0 atom stereocenters. The topological polar surface area (TPSA) is 71.2 Å². The molecule has 1 amide bonds. The number of hydrogen-bond acceptors (Lipinski definition) is 5. The van der Waals surface area contributed by atoms with Crippen LogP contribution >= 0.6 is 24.0 Å². The quantitative estimate of drug-likeness (QED) is 0.524. The molecule has 5 nitrogen and oxygen atoms in total. The Balaban J connectivity index is 1.84. The second kappa shape index (κ2) is 7.02. The Morgan fingerprint density at radius 2 is 1.96 bits per heavy atom. The average Bonchev–Trinajstić information content (AvgIpc) is 2.98.